The molecule has 1 N–H and O–H groups in total. The molecule has 0 spiro atoms. The fourth-order valence-corrected chi connectivity index (χ4v) is 2.50. The molecule has 0 aliphatic heterocycles. The van der Waals surface area contributed by atoms with Crippen LogP contribution in [0.5, 0.6) is 0 Å². The minimum atomic E-state index is 0.0605. The quantitative estimate of drug-likeness (QED) is 0.846. The molecule has 19 heavy (non-hydrogen) atoms. The summed E-state index contributed by atoms with van der Waals surface area (Å²) in [5.74, 6) is 0.0605. The number of rotatable bonds is 5. The Hall–Kier alpha value is -1.74. The third-order valence-corrected chi connectivity index (χ3v) is 3.71. The van der Waals surface area contributed by atoms with Crippen molar-refractivity contribution < 1.29 is 4.79 Å². The van der Waals surface area contributed by atoms with Crippen molar-refractivity contribution >= 4 is 17.7 Å². The Morgan fingerprint density at radius 1 is 1.05 bits per heavy atom. The normalized spacial score (nSPS) is 10.2. The van der Waals surface area contributed by atoms with Crippen molar-refractivity contribution in [3.05, 3.63) is 65.7 Å². The van der Waals surface area contributed by atoms with Crippen molar-refractivity contribution in [3.8, 4) is 0 Å². The lowest BCUT2D eigenvalue weighted by molar-refractivity contribution is -0.120. The van der Waals surface area contributed by atoms with Gasteiger partial charge in [0.05, 0.1) is 6.42 Å². The molecule has 98 valence electrons. The molecule has 0 bridgehead atoms. The van der Waals surface area contributed by atoms with Crippen molar-refractivity contribution in [1.82, 2.24) is 5.32 Å². The molecule has 2 aromatic carbocycles. The molecule has 0 fully saturated rings. The molecule has 3 heteroatoms. The van der Waals surface area contributed by atoms with Crippen molar-refractivity contribution in [2.75, 3.05) is 6.26 Å². The second-order valence-corrected chi connectivity index (χ2v) is 5.10. The third kappa shape index (κ3) is 4.14. The average molecular weight is 271 g/mol. The molecule has 2 nitrogen and oxygen atoms in total. The van der Waals surface area contributed by atoms with E-state index < -0.39 is 0 Å². The van der Waals surface area contributed by atoms with Gasteiger partial charge in [-0.1, -0.05) is 48.5 Å². The fraction of sp³-hybridized carbons (Fsp3) is 0.188. The number of amides is 1. The summed E-state index contributed by atoms with van der Waals surface area (Å²) in [6.07, 6.45) is 2.46. The lowest BCUT2D eigenvalue weighted by atomic mass is 10.1. The predicted molar refractivity (Wildman–Crippen MR) is 80.2 cm³/mol. The van der Waals surface area contributed by atoms with E-state index in [4.69, 9.17) is 0 Å². The second-order valence-electron chi connectivity index (χ2n) is 4.25. The Morgan fingerprint density at radius 2 is 1.74 bits per heavy atom. The first kappa shape index (κ1) is 13.7. The summed E-state index contributed by atoms with van der Waals surface area (Å²) in [4.78, 5) is 13.1. The smallest absolute Gasteiger partial charge is 0.224 e. The number of carbonyl (C=O) groups excluding carboxylic acids is 1. The van der Waals surface area contributed by atoms with Gasteiger partial charge in [-0.3, -0.25) is 4.79 Å². The SMILES string of the molecule is CSc1ccccc1CC(=O)NCc1ccccc1. The third-order valence-electron chi connectivity index (χ3n) is 2.88. The highest BCUT2D eigenvalue weighted by molar-refractivity contribution is 7.98. The van der Waals surface area contributed by atoms with Gasteiger partial charge in [0, 0.05) is 11.4 Å². The first-order chi connectivity index (χ1) is 9.29. The van der Waals surface area contributed by atoms with Gasteiger partial charge in [-0.05, 0) is 23.4 Å². The van der Waals surface area contributed by atoms with Gasteiger partial charge >= 0.3 is 0 Å². The van der Waals surface area contributed by atoms with Crippen LogP contribution in [0.25, 0.3) is 0 Å². The van der Waals surface area contributed by atoms with Crippen LogP contribution in [0, 0.1) is 0 Å². The van der Waals surface area contributed by atoms with Crippen LogP contribution in [-0.4, -0.2) is 12.2 Å². The largest absolute Gasteiger partial charge is 0.352 e. The first-order valence-electron chi connectivity index (χ1n) is 6.22. The van der Waals surface area contributed by atoms with Crippen LogP contribution in [0.1, 0.15) is 11.1 Å². The summed E-state index contributed by atoms with van der Waals surface area (Å²) < 4.78 is 0. The molecule has 0 aliphatic carbocycles. The summed E-state index contributed by atoms with van der Waals surface area (Å²) in [6.45, 7) is 0.584. The van der Waals surface area contributed by atoms with E-state index in [0.717, 1.165) is 16.0 Å². The van der Waals surface area contributed by atoms with E-state index in [1.54, 1.807) is 11.8 Å². The van der Waals surface area contributed by atoms with Gasteiger partial charge < -0.3 is 5.32 Å². The monoisotopic (exact) mass is 271 g/mol. The van der Waals surface area contributed by atoms with Crippen LogP contribution < -0.4 is 5.32 Å². The van der Waals surface area contributed by atoms with Crippen LogP contribution in [0.2, 0.25) is 0 Å². The second kappa shape index (κ2) is 7.00. The highest BCUT2D eigenvalue weighted by Gasteiger charge is 2.06. The van der Waals surface area contributed by atoms with Crippen molar-refractivity contribution in [1.29, 1.82) is 0 Å². The highest BCUT2D eigenvalue weighted by Crippen LogP contribution is 2.20. The molecular weight excluding hydrogens is 254 g/mol. The van der Waals surface area contributed by atoms with Crippen LogP contribution in [0.15, 0.2) is 59.5 Å². The zero-order chi connectivity index (χ0) is 13.5. The number of thioether (sulfide) groups is 1. The summed E-state index contributed by atoms with van der Waals surface area (Å²) >= 11 is 1.67. The van der Waals surface area contributed by atoms with Gasteiger partial charge in [-0.15, -0.1) is 11.8 Å². The van der Waals surface area contributed by atoms with Crippen LogP contribution in [-0.2, 0) is 17.8 Å². The molecule has 0 aromatic heterocycles. The minimum Gasteiger partial charge on any atom is -0.352 e. The van der Waals surface area contributed by atoms with E-state index >= 15 is 0 Å². The molecule has 1 amide bonds. The van der Waals surface area contributed by atoms with E-state index in [9.17, 15) is 4.79 Å². The highest BCUT2D eigenvalue weighted by atomic mass is 32.2. The lowest BCUT2D eigenvalue weighted by Gasteiger charge is -2.08. The summed E-state index contributed by atoms with van der Waals surface area (Å²) in [5, 5.41) is 2.95. The maximum atomic E-state index is 11.9. The molecule has 0 aliphatic rings. The van der Waals surface area contributed by atoms with Gasteiger partial charge in [-0.25, -0.2) is 0 Å². The van der Waals surface area contributed by atoms with E-state index in [2.05, 4.69) is 5.32 Å². The predicted octanol–water partition coefficient (Wildman–Crippen LogP) is 3.27. The first-order valence-corrected chi connectivity index (χ1v) is 7.44. The zero-order valence-corrected chi connectivity index (χ0v) is 11.7. The van der Waals surface area contributed by atoms with E-state index in [1.807, 2.05) is 60.9 Å². The van der Waals surface area contributed by atoms with E-state index in [0.29, 0.717) is 13.0 Å². The van der Waals surface area contributed by atoms with Gasteiger partial charge in [0.15, 0.2) is 0 Å². The summed E-state index contributed by atoms with van der Waals surface area (Å²) in [6, 6.07) is 18.0. The fourth-order valence-electron chi connectivity index (χ4n) is 1.88. The molecule has 0 radical (unpaired) electrons. The van der Waals surface area contributed by atoms with Gasteiger partial charge in [0.25, 0.3) is 0 Å². The Balaban J connectivity index is 1.91. The molecule has 2 rings (SSSR count). The zero-order valence-electron chi connectivity index (χ0n) is 10.9. The Morgan fingerprint density at radius 3 is 2.47 bits per heavy atom. The number of nitrogens with one attached hydrogen (secondary N) is 1. The number of hydrogen-bond acceptors (Lipinski definition) is 2. The Labute approximate surface area is 118 Å². The molecule has 0 unspecified atom stereocenters. The molecule has 0 saturated heterocycles. The van der Waals surface area contributed by atoms with Gasteiger partial charge in [-0.2, -0.15) is 0 Å². The average Bonchev–Trinajstić information content (AvgIpc) is 2.47. The standard InChI is InChI=1S/C16H17NOS/c1-19-15-10-6-5-9-14(15)11-16(18)17-12-13-7-3-2-4-8-13/h2-10H,11-12H2,1H3,(H,17,18). The molecular formula is C16H17NOS. The van der Waals surface area contributed by atoms with E-state index in [1.165, 1.54) is 0 Å². The number of benzene rings is 2. The number of hydrogen-bond donors (Lipinski definition) is 1. The number of carbonyl (C=O) groups is 1. The topological polar surface area (TPSA) is 29.1 Å². The van der Waals surface area contributed by atoms with Crippen molar-refractivity contribution in [2.24, 2.45) is 0 Å². The Kier molecular flexibility index (Phi) is 5.04. The Bertz CT molecular complexity index is 539. The van der Waals surface area contributed by atoms with Crippen LogP contribution >= 0.6 is 11.8 Å². The van der Waals surface area contributed by atoms with Crippen molar-refractivity contribution in [3.63, 3.8) is 0 Å². The maximum absolute atomic E-state index is 11.9. The molecule has 0 heterocycles. The van der Waals surface area contributed by atoms with E-state index in [-0.39, 0.29) is 5.91 Å². The minimum absolute atomic E-state index is 0.0605. The lowest BCUT2D eigenvalue weighted by Crippen LogP contribution is -2.24. The van der Waals surface area contributed by atoms with Gasteiger partial charge in [0.2, 0.25) is 5.91 Å². The van der Waals surface area contributed by atoms with Crippen molar-refractivity contribution in [2.45, 2.75) is 17.9 Å². The maximum Gasteiger partial charge on any atom is 0.224 e. The summed E-state index contributed by atoms with van der Waals surface area (Å²) in [5.41, 5.74) is 2.20. The molecule has 0 saturated carbocycles. The molecule has 2 aromatic rings. The van der Waals surface area contributed by atoms with Gasteiger partial charge in [0.1, 0.15) is 0 Å². The molecule has 0 atom stereocenters. The summed E-state index contributed by atoms with van der Waals surface area (Å²) in [7, 11) is 0. The van der Waals surface area contributed by atoms with Crippen LogP contribution in [0.3, 0.4) is 0 Å². The van der Waals surface area contributed by atoms with Crippen LogP contribution in [0.4, 0.5) is 0 Å².